The predicted octanol–water partition coefficient (Wildman–Crippen LogP) is 2.81. The van der Waals surface area contributed by atoms with Gasteiger partial charge in [-0.3, -0.25) is 9.69 Å². The van der Waals surface area contributed by atoms with Crippen LogP contribution in [0.25, 0.3) is 0 Å². The number of benzene rings is 1. The zero-order valence-corrected chi connectivity index (χ0v) is 15.5. The van der Waals surface area contributed by atoms with E-state index in [0.29, 0.717) is 13.0 Å². The fourth-order valence-electron chi connectivity index (χ4n) is 4.18. The number of carboxylic acids is 1. The number of halogens is 1. The van der Waals surface area contributed by atoms with Crippen LogP contribution in [-0.2, 0) is 16.1 Å². The van der Waals surface area contributed by atoms with Gasteiger partial charge < -0.3 is 10.0 Å². The van der Waals surface area contributed by atoms with E-state index >= 15 is 0 Å². The lowest BCUT2D eigenvalue weighted by atomic mass is 9.72. The Hall–Kier alpha value is -1.95. The summed E-state index contributed by atoms with van der Waals surface area (Å²) in [6.45, 7) is 6.62. The third kappa shape index (κ3) is 3.90. The van der Waals surface area contributed by atoms with E-state index in [1.54, 1.807) is 13.0 Å². The number of likely N-dealkylation sites (tertiary alicyclic amines) is 2. The first-order valence-electron chi connectivity index (χ1n) is 9.29. The van der Waals surface area contributed by atoms with Gasteiger partial charge in [-0.2, -0.15) is 0 Å². The van der Waals surface area contributed by atoms with Gasteiger partial charge in [-0.15, -0.1) is 0 Å². The summed E-state index contributed by atoms with van der Waals surface area (Å²) in [6.07, 6.45) is 3.15. The van der Waals surface area contributed by atoms with Crippen LogP contribution >= 0.6 is 0 Å². The van der Waals surface area contributed by atoms with Gasteiger partial charge in [0.2, 0.25) is 5.91 Å². The third-order valence-electron chi connectivity index (χ3n) is 6.14. The van der Waals surface area contributed by atoms with Crippen LogP contribution in [0.15, 0.2) is 18.2 Å². The van der Waals surface area contributed by atoms with Gasteiger partial charge in [0, 0.05) is 19.5 Å². The maximum absolute atomic E-state index is 13.5. The molecule has 142 valence electrons. The zero-order chi connectivity index (χ0) is 18.9. The number of carbonyl (C=O) groups excluding carboxylic acids is 1. The summed E-state index contributed by atoms with van der Waals surface area (Å²) < 4.78 is 13.5. The molecule has 2 heterocycles. The highest BCUT2D eigenvalue weighted by Crippen LogP contribution is 2.41. The molecule has 2 aliphatic heterocycles. The van der Waals surface area contributed by atoms with Crippen molar-refractivity contribution in [3.63, 3.8) is 0 Å². The maximum Gasteiger partial charge on any atom is 0.326 e. The van der Waals surface area contributed by atoms with Gasteiger partial charge in [0.05, 0.1) is 0 Å². The van der Waals surface area contributed by atoms with Gasteiger partial charge in [0.25, 0.3) is 0 Å². The molecule has 3 rings (SSSR count). The van der Waals surface area contributed by atoms with Gasteiger partial charge in [-0.05, 0) is 74.9 Å². The van der Waals surface area contributed by atoms with Crippen molar-refractivity contribution >= 4 is 11.9 Å². The fraction of sp³-hybridized carbons (Fsp3) is 0.600. The van der Waals surface area contributed by atoms with Crippen molar-refractivity contribution in [2.45, 2.75) is 52.1 Å². The average Bonchev–Trinajstić information content (AvgIpc) is 2.62. The molecule has 0 aromatic heterocycles. The molecule has 2 saturated heterocycles. The normalized spacial score (nSPS) is 21.8. The summed E-state index contributed by atoms with van der Waals surface area (Å²) in [7, 11) is 0. The Bertz CT molecular complexity index is 698. The van der Waals surface area contributed by atoms with Crippen molar-refractivity contribution in [3.8, 4) is 0 Å². The Labute approximate surface area is 153 Å². The molecule has 1 N–H and O–H groups in total. The molecule has 26 heavy (non-hydrogen) atoms. The highest BCUT2D eigenvalue weighted by Gasteiger charge is 2.43. The van der Waals surface area contributed by atoms with Crippen LogP contribution in [0, 0.1) is 18.2 Å². The second-order valence-electron chi connectivity index (χ2n) is 7.88. The molecule has 1 amide bonds. The smallest absolute Gasteiger partial charge is 0.326 e. The first-order valence-corrected chi connectivity index (χ1v) is 9.29. The van der Waals surface area contributed by atoms with E-state index in [2.05, 4.69) is 4.90 Å². The second kappa shape index (κ2) is 7.35. The van der Waals surface area contributed by atoms with Crippen LogP contribution in [-0.4, -0.2) is 52.5 Å². The molecule has 1 unspecified atom stereocenters. The van der Waals surface area contributed by atoms with Crippen LogP contribution in [0.2, 0.25) is 0 Å². The van der Waals surface area contributed by atoms with E-state index in [1.807, 2.05) is 13.0 Å². The van der Waals surface area contributed by atoms with E-state index in [1.165, 1.54) is 11.0 Å². The van der Waals surface area contributed by atoms with Crippen molar-refractivity contribution in [2.24, 2.45) is 5.41 Å². The number of rotatable bonds is 4. The lowest BCUT2D eigenvalue weighted by molar-refractivity contribution is -0.155. The Morgan fingerprint density at radius 1 is 1.31 bits per heavy atom. The number of carbonyl (C=O) groups is 2. The maximum atomic E-state index is 13.5. The number of carboxylic acid groups (broad SMARTS) is 1. The summed E-state index contributed by atoms with van der Waals surface area (Å²) in [5.74, 6) is -1.21. The predicted molar refractivity (Wildman–Crippen MR) is 96.1 cm³/mol. The number of aryl methyl sites for hydroxylation is 1. The quantitative estimate of drug-likeness (QED) is 0.895. The highest BCUT2D eigenvalue weighted by molar-refractivity contribution is 5.84. The third-order valence-corrected chi connectivity index (χ3v) is 6.14. The summed E-state index contributed by atoms with van der Waals surface area (Å²) >= 11 is 0. The Morgan fingerprint density at radius 3 is 2.65 bits per heavy atom. The number of piperidine rings is 2. The van der Waals surface area contributed by atoms with E-state index in [4.69, 9.17) is 0 Å². The Balaban J connectivity index is 1.63. The number of aliphatic carboxylic acids is 1. The molecule has 6 heteroatoms. The summed E-state index contributed by atoms with van der Waals surface area (Å²) in [5.41, 5.74) is 2.13. The minimum atomic E-state index is -0.950. The summed E-state index contributed by atoms with van der Waals surface area (Å²) in [4.78, 5) is 27.3. The molecule has 0 saturated carbocycles. The second-order valence-corrected chi connectivity index (χ2v) is 7.88. The van der Waals surface area contributed by atoms with Crippen molar-refractivity contribution < 1.29 is 19.1 Å². The molecule has 1 aromatic carbocycles. The minimum absolute atomic E-state index is 0.0190. The number of hydrogen-bond acceptors (Lipinski definition) is 3. The van der Waals surface area contributed by atoms with E-state index in [-0.39, 0.29) is 17.1 Å². The van der Waals surface area contributed by atoms with Crippen LogP contribution in [0.4, 0.5) is 4.39 Å². The molecular formula is C20H27FN2O3. The molecule has 0 bridgehead atoms. The summed E-state index contributed by atoms with van der Waals surface area (Å²) in [5, 5.41) is 9.26. The van der Waals surface area contributed by atoms with Gasteiger partial charge in [-0.25, -0.2) is 9.18 Å². The van der Waals surface area contributed by atoms with Crippen LogP contribution in [0.1, 0.15) is 43.7 Å². The lowest BCUT2D eigenvalue weighted by Crippen LogP contribution is -2.55. The zero-order valence-electron chi connectivity index (χ0n) is 15.5. The molecule has 5 nitrogen and oxygen atoms in total. The number of hydrogen-bond donors (Lipinski definition) is 1. The number of nitrogens with zero attached hydrogens (tertiary/aromatic N) is 2. The van der Waals surface area contributed by atoms with Crippen molar-refractivity contribution in [2.75, 3.05) is 19.6 Å². The van der Waals surface area contributed by atoms with Gasteiger partial charge >= 0.3 is 5.97 Å². The van der Waals surface area contributed by atoms with Gasteiger partial charge in [-0.1, -0.05) is 6.07 Å². The van der Waals surface area contributed by atoms with Crippen LogP contribution in [0.5, 0.6) is 0 Å². The minimum Gasteiger partial charge on any atom is -0.480 e. The highest BCUT2D eigenvalue weighted by atomic mass is 19.1. The SMILES string of the molecule is Cc1ccc(F)cc1CN1CCC2(CCC(=O)N(C(C)C(=O)O)C2)CC1. The molecule has 1 spiro atoms. The van der Waals surface area contributed by atoms with Crippen molar-refractivity contribution in [3.05, 3.63) is 35.1 Å². The first kappa shape index (κ1) is 18.8. The molecule has 1 aromatic rings. The van der Waals surface area contributed by atoms with Crippen molar-refractivity contribution in [1.29, 1.82) is 0 Å². The molecule has 0 aliphatic carbocycles. The lowest BCUT2D eigenvalue weighted by Gasteiger charge is -2.48. The van der Waals surface area contributed by atoms with Crippen LogP contribution in [0.3, 0.4) is 0 Å². The van der Waals surface area contributed by atoms with Gasteiger partial charge in [0.15, 0.2) is 0 Å². The molecule has 2 aliphatic rings. The molecular weight excluding hydrogens is 335 g/mol. The van der Waals surface area contributed by atoms with Crippen LogP contribution < -0.4 is 0 Å². The molecule has 0 radical (unpaired) electrons. The average molecular weight is 362 g/mol. The monoisotopic (exact) mass is 362 g/mol. The largest absolute Gasteiger partial charge is 0.480 e. The Morgan fingerprint density at radius 2 is 2.00 bits per heavy atom. The molecule has 1 atom stereocenters. The standard InChI is InChI=1S/C20H27FN2O3/c1-14-3-4-17(21)11-16(14)12-22-9-7-20(8-10-22)6-5-18(24)23(13-20)15(2)19(25)26/h3-4,11,15H,5-10,12-13H2,1-2H3,(H,25,26). The van der Waals surface area contributed by atoms with Gasteiger partial charge in [0.1, 0.15) is 11.9 Å². The molecule has 2 fully saturated rings. The van der Waals surface area contributed by atoms with E-state index in [9.17, 15) is 19.1 Å². The summed E-state index contributed by atoms with van der Waals surface area (Å²) in [6, 6.07) is 4.14. The number of amides is 1. The first-order chi connectivity index (χ1) is 12.3. The topological polar surface area (TPSA) is 60.9 Å². The fourth-order valence-corrected chi connectivity index (χ4v) is 4.18. The van der Waals surface area contributed by atoms with E-state index < -0.39 is 12.0 Å². The van der Waals surface area contributed by atoms with E-state index in [0.717, 1.165) is 50.0 Å². The van der Waals surface area contributed by atoms with Crippen molar-refractivity contribution in [1.82, 2.24) is 9.80 Å². The Kier molecular flexibility index (Phi) is 5.32.